The second kappa shape index (κ2) is 4.37. The van der Waals surface area contributed by atoms with E-state index in [1.54, 1.807) is 11.1 Å². The first kappa shape index (κ1) is 12.7. The van der Waals surface area contributed by atoms with Crippen molar-refractivity contribution < 1.29 is 4.79 Å². The van der Waals surface area contributed by atoms with Crippen LogP contribution in [-0.4, -0.2) is 24.8 Å². The van der Waals surface area contributed by atoms with Gasteiger partial charge in [-0.1, -0.05) is 0 Å². The van der Waals surface area contributed by atoms with E-state index in [-0.39, 0.29) is 11.2 Å². The Hall–Kier alpha value is -1.30. The van der Waals surface area contributed by atoms with Crippen LogP contribution in [0.1, 0.15) is 38.5 Å². The summed E-state index contributed by atoms with van der Waals surface area (Å²) in [5.41, 5.74) is 0.165. The van der Waals surface area contributed by atoms with E-state index in [1.807, 2.05) is 14.1 Å². The molecule has 4 aliphatic rings. The average molecular weight is 258 g/mol. The molecule has 4 rings (SSSR count). The number of nitrogens with zero attached hydrogens (tertiary/aromatic N) is 2. The Labute approximate surface area is 115 Å². The molecule has 0 aliphatic heterocycles. The number of allylic oxidation sites excluding steroid dienone is 1. The molecule has 0 saturated heterocycles. The van der Waals surface area contributed by atoms with Gasteiger partial charge in [0.05, 0.1) is 0 Å². The minimum absolute atomic E-state index is 0.128. The lowest BCUT2D eigenvalue weighted by Gasteiger charge is -2.55. The second-order valence-corrected chi connectivity index (χ2v) is 7.15. The molecule has 0 unspecified atom stereocenters. The van der Waals surface area contributed by atoms with Gasteiger partial charge in [-0.15, -0.1) is 0 Å². The largest absolute Gasteiger partial charge is 0.382 e. The van der Waals surface area contributed by atoms with Crippen LogP contribution < -0.4 is 0 Å². The highest BCUT2D eigenvalue weighted by atomic mass is 16.1. The van der Waals surface area contributed by atoms with Gasteiger partial charge in [-0.2, -0.15) is 5.26 Å². The van der Waals surface area contributed by atoms with Gasteiger partial charge in [0, 0.05) is 25.7 Å². The minimum Gasteiger partial charge on any atom is -0.382 e. The van der Waals surface area contributed by atoms with E-state index in [4.69, 9.17) is 0 Å². The summed E-state index contributed by atoms with van der Waals surface area (Å²) < 4.78 is 0. The standard InChI is InChI=1S/C16H22N2O/c1-18(2)10-14(9-17)15(19)16-6-11-3-12(7-16)5-13(4-11)8-16/h10-13H,3-8H2,1-2H3/b14-10-. The van der Waals surface area contributed by atoms with Gasteiger partial charge in [0.15, 0.2) is 5.78 Å². The van der Waals surface area contributed by atoms with Crippen LogP contribution >= 0.6 is 0 Å². The van der Waals surface area contributed by atoms with Crippen molar-refractivity contribution in [2.75, 3.05) is 14.1 Å². The summed E-state index contributed by atoms with van der Waals surface area (Å²) >= 11 is 0. The molecule has 0 spiro atoms. The SMILES string of the molecule is CN(C)/C=C(/C#N)C(=O)C12CC3CC(CC(C3)C1)C2. The number of hydrogen-bond acceptors (Lipinski definition) is 3. The third-order valence-electron chi connectivity index (χ3n) is 5.27. The Kier molecular flexibility index (Phi) is 2.92. The van der Waals surface area contributed by atoms with Crippen LogP contribution in [0.25, 0.3) is 0 Å². The van der Waals surface area contributed by atoms with Crippen molar-refractivity contribution >= 4 is 5.78 Å². The van der Waals surface area contributed by atoms with Crippen LogP contribution in [0.5, 0.6) is 0 Å². The predicted octanol–water partition coefficient (Wildman–Crippen LogP) is 2.74. The number of hydrogen-bond donors (Lipinski definition) is 0. The van der Waals surface area contributed by atoms with Gasteiger partial charge in [0.2, 0.25) is 0 Å². The second-order valence-electron chi connectivity index (χ2n) is 7.15. The molecule has 4 fully saturated rings. The summed E-state index contributed by atoms with van der Waals surface area (Å²) in [7, 11) is 3.73. The summed E-state index contributed by atoms with van der Waals surface area (Å²) in [5, 5.41) is 9.28. The van der Waals surface area contributed by atoms with Crippen LogP contribution in [0, 0.1) is 34.5 Å². The lowest BCUT2D eigenvalue weighted by Crippen LogP contribution is -2.50. The first-order valence-electron chi connectivity index (χ1n) is 7.35. The molecule has 0 heterocycles. The molecule has 3 nitrogen and oxygen atoms in total. The van der Waals surface area contributed by atoms with Crippen LogP contribution in [0.4, 0.5) is 0 Å². The van der Waals surface area contributed by atoms with Crippen molar-refractivity contribution in [3.8, 4) is 6.07 Å². The van der Waals surface area contributed by atoms with Crippen molar-refractivity contribution in [2.24, 2.45) is 23.2 Å². The third-order valence-corrected chi connectivity index (χ3v) is 5.27. The van der Waals surface area contributed by atoms with E-state index < -0.39 is 0 Å². The van der Waals surface area contributed by atoms with Crippen LogP contribution in [0.15, 0.2) is 11.8 Å². The van der Waals surface area contributed by atoms with E-state index in [9.17, 15) is 10.1 Å². The number of Topliss-reactive ketones (excluding diaryl/α,β-unsaturated/α-hetero) is 1. The summed E-state index contributed by atoms with van der Waals surface area (Å²) in [5.74, 6) is 2.36. The number of nitriles is 1. The first-order chi connectivity index (χ1) is 9.02. The van der Waals surface area contributed by atoms with E-state index in [1.165, 1.54) is 19.3 Å². The van der Waals surface area contributed by atoms with Gasteiger partial charge >= 0.3 is 0 Å². The maximum Gasteiger partial charge on any atom is 0.181 e. The molecule has 0 aromatic carbocycles. The lowest BCUT2D eigenvalue weighted by atomic mass is 9.48. The topological polar surface area (TPSA) is 44.1 Å². The molecule has 0 aromatic rings. The van der Waals surface area contributed by atoms with E-state index >= 15 is 0 Å². The fourth-order valence-corrected chi connectivity index (χ4v) is 5.07. The van der Waals surface area contributed by atoms with Gasteiger partial charge in [0.25, 0.3) is 0 Å². The Morgan fingerprint density at radius 2 is 1.63 bits per heavy atom. The Bertz CT molecular complexity index is 434. The number of carbonyl (C=O) groups excluding carboxylic acids is 1. The normalized spacial score (nSPS) is 40.1. The van der Waals surface area contributed by atoms with E-state index in [2.05, 4.69) is 6.07 Å². The van der Waals surface area contributed by atoms with Crippen LogP contribution in [-0.2, 0) is 4.79 Å². The molecule has 0 radical (unpaired) electrons. The molecule has 0 atom stereocenters. The fourth-order valence-electron chi connectivity index (χ4n) is 5.07. The zero-order chi connectivity index (χ0) is 13.6. The van der Waals surface area contributed by atoms with E-state index in [0.29, 0.717) is 5.57 Å². The van der Waals surface area contributed by atoms with Crippen molar-refractivity contribution in [3.63, 3.8) is 0 Å². The van der Waals surface area contributed by atoms with Crippen molar-refractivity contribution in [3.05, 3.63) is 11.8 Å². The molecule has 0 N–H and O–H groups in total. The first-order valence-corrected chi connectivity index (χ1v) is 7.35. The molecule has 4 bridgehead atoms. The highest BCUT2D eigenvalue weighted by Crippen LogP contribution is 2.60. The predicted molar refractivity (Wildman–Crippen MR) is 73.0 cm³/mol. The summed E-state index contributed by atoms with van der Waals surface area (Å²) in [6.07, 6.45) is 8.77. The molecule has 4 saturated carbocycles. The van der Waals surface area contributed by atoms with Crippen molar-refractivity contribution in [1.82, 2.24) is 4.90 Å². The van der Waals surface area contributed by atoms with E-state index in [0.717, 1.165) is 37.0 Å². The highest BCUT2D eigenvalue weighted by molar-refractivity contribution is 6.03. The van der Waals surface area contributed by atoms with Gasteiger partial charge in [0.1, 0.15) is 11.6 Å². The molecule has 0 amide bonds. The van der Waals surface area contributed by atoms with Crippen molar-refractivity contribution in [1.29, 1.82) is 5.26 Å². The van der Waals surface area contributed by atoms with Gasteiger partial charge in [-0.3, -0.25) is 4.79 Å². The van der Waals surface area contributed by atoms with Gasteiger partial charge in [-0.25, -0.2) is 0 Å². The fraction of sp³-hybridized carbons (Fsp3) is 0.750. The molecular weight excluding hydrogens is 236 g/mol. The molecule has 102 valence electrons. The van der Waals surface area contributed by atoms with Crippen LogP contribution in [0.2, 0.25) is 0 Å². The zero-order valence-electron chi connectivity index (χ0n) is 11.9. The Morgan fingerprint density at radius 1 is 1.16 bits per heavy atom. The molecule has 3 heteroatoms. The Balaban J connectivity index is 1.89. The smallest absolute Gasteiger partial charge is 0.181 e. The van der Waals surface area contributed by atoms with Gasteiger partial charge < -0.3 is 4.90 Å². The summed E-state index contributed by atoms with van der Waals surface area (Å²) in [6, 6.07) is 2.13. The van der Waals surface area contributed by atoms with Crippen molar-refractivity contribution in [2.45, 2.75) is 38.5 Å². The third kappa shape index (κ3) is 2.08. The maximum absolute atomic E-state index is 12.8. The number of carbonyl (C=O) groups is 1. The summed E-state index contributed by atoms with van der Waals surface area (Å²) in [6.45, 7) is 0. The highest BCUT2D eigenvalue weighted by Gasteiger charge is 2.54. The summed E-state index contributed by atoms with van der Waals surface area (Å²) in [4.78, 5) is 14.6. The lowest BCUT2D eigenvalue weighted by molar-refractivity contribution is -0.139. The molecule has 19 heavy (non-hydrogen) atoms. The minimum atomic E-state index is -0.188. The Morgan fingerprint density at radius 3 is 2.00 bits per heavy atom. The average Bonchev–Trinajstić information content (AvgIpc) is 2.33. The molecular formula is C16H22N2O. The number of rotatable bonds is 3. The maximum atomic E-state index is 12.8. The van der Waals surface area contributed by atoms with Crippen LogP contribution in [0.3, 0.4) is 0 Å². The molecule has 4 aliphatic carbocycles. The molecule has 0 aromatic heterocycles. The van der Waals surface area contributed by atoms with Gasteiger partial charge in [-0.05, 0) is 56.3 Å². The quantitative estimate of drug-likeness (QED) is 0.577. The number of ketones is 1. The zero-order valence-corrected chi connectivity index (χ0v) is 11.9. The monoisotopic (exact) mass is 258 g/mol.